The van der Waals surface area contributed by atoms with Gasteiger partial charge in [-0.15, -0.1) is 0 Å². The lowest BCUT2D eigenvalue weighted by Crippen LogP contribution is -2.18. The predicted molar refractivity (Wildman–Crippen MR) is 75.5 cm³/mol. The topological polar surface area (TPSA) is 129 Å². The molecule has 0 saturated heterocycles. The van der Waals surface area contributed by atoms with E-state index in [1.165, 1.54) is 18.2 Å². The number of nitrogens with zero attached hydrogens (tertiary/aromatic N) is 1. The highest BCUT2D eigenvalue weighted by Gasteiger charge is 2.24. The molecule has 0 aliphatic rings. The zero-order chi connectivity index (χ0) is 16.4. The van der Waals surface area contributed by atoms with Crippen LogP contribution >= 0.6 is 0 Å². The van der Waals surface area contributed by atoms with Crippen molar-refractivity contribution in [1.29, 1.82) is 0 Å². The van der Waals surface area contributed by atoms with Crippen LogP contribution in [0.25, 0.3) is 11.1 Å². The molecule has 4 N–H and O–H groups in total. The molecule has 2 rings (SSSR count). The maximum Gasteiger partial charge on any atom is 0.277 e. The van der Waals surface area contributed by atoms with Gasteiger partial charge in [0.25, 0.3) is 5.69 Å². The van der Waals surface area contributed by atoms with Crippen molar-refractivity contribution in [3.63, 3.8) is 0 Å². The second-order valence-corrected chi connectivity index (χ2v) is 4.38. The van der Waals surface area contributed by atoms with Gasteiger partial charge >= 0.3 is 0 Å². The van der Waals surface area contributed by atoms with Crippen LogP contribution in [0.15, 0.2) is 36.4 Å². The van der Waals surface area contributed by atoms with Crippen molar-refractivity contribution in [3.8, 4) is 11.1 Å². The van der Waals surface area contributed by atoms with Crippen molar-refractivity contribution in [3.05, 3.63) is 63.5 Å². The number of nitro groups is 1. The molecule has 0 aromatic heterocycles. The molecule has 8 heteroatoms. The highest BCUT2D eigenvalue weighted by Crippen LogP contribution is 2.35. The van der Waals surface area contributed by atoms with Gasteiger partial charge in [0.15, 0.2) is 0 Å². The van der Waals surface area contributed by atoms with Gasteiger partial charge in [-0.25, -0.2) is 4.39 Å². The molecule has 0 radical (unpaired) electrons. The van der Waals surface area contributed by atoms with Crippen molar-refractivity contribution in [2.45, 2.75) is 0 Å². The number of carbonyl (C=O) groups is 2. The highest BCUT2D eigenvalue weighted by atomic mass is 19.1. The first-order valence-electron chi connectivity index (χ1n) is 6.00. The largest absolute Gasteiger partial charge is 0.366 e. The fourth-order valence-corrected chi connectivity index (χ4v) is 2.12. The first-order valence-corrected chi connectivity index (χ1v) is 6.00. The van der Waals surface area contributed by atoms with Gasteiger partial charge in [-0.05, 0) is 24.3 Å². The molecule has 0 unspecified atom stereocenters. The lowest BCUT2D eigenvalue weighted by molar-refractivity contribution is -0.384. The van der Waals surface area contributed by atoms with E-state index in [4.69, 9.17) is 11.5 Å². The molecule has 0 aliphatic carbocycles. The minimum absolute atomic E-state index is 0.159. The summed E-state index contributed by atoms with van der Waals surface area (Å²) in [5, 5.41) is 11.1. The summed E-state index contributed by atoms with van der Waals surface area (Å²) in [6.07, 6.45) is 0. The van der Waals surface area contributed by atoms with Gasteiger partial charge in [0.1, 0.15) is 5.82 Å². The number of primary amides is 2. The Balaban J connectivity index is 2.93. The van der Waals surface area contributed by atoms with Gasteiger partial charge < -0.3 is 11.5 Å². The molecular formula is C14H10FN3O4. The molecule has 0 fully saturated rings. The third-order valence-corrected chi connectivity index (χ3v) is 3.02. The van der Waals surface area contributed by atoms with E-state index in [1.54, 1.807) is 0 Å². The summed E-state index contributed by atoms with van der Waals surface area (Å²) in [7, 11) is 0. The van der Waals surface area contributed by atoms with Crippen LogP contribution in [0.5, 0.6) is 0 Å². The van der Waals surface area contributed by atoms with Gasteiger partial charge in [0.2, 0.25) is 11.8 Å². The molecule has 112 valence electrons. The molecule has 7 nitrogen and oxygen atoms in total. The summed E-state index contributed by atoms with van der Waals surface area (Å²) in [6.45, 7) is 0. The Bertz CT molecular complexity index is 772. The smallest absolute Gasteiger partial charge is 0.277 e. The van der Waals surface area contributed by atoms with Crippen LogP contribution in [0.3, 0.4) is 0 Å². The number of nitro benzene ring substituents is 1. The molecule has 0 aliphatic heterocycles. The lowest BCUT2D eigenvalue weighted by atomic mass is 9.92. The number of halogens is 1. The SMILES string of the molecule is NC(=O)c1cccc(C(N)=O)c1-c1cc(F)ccc1[N+](=O)[O-]. The Kier molecular flexibility index (Phi) is 3.85. The highest BCUT2D eigenvalue weighted by molar-refractivity contribution is 6.09. The van der Waals surface area contributed by atoms with Crippen LogP contribution < -0.4 is 11.5 Å². The van der Waals surface area contributed by atoms with Crippen LogP contribution in [0.4, 0.5) is 10.1 Å². The molecule has 0 heterocycles. The van der Waals surface area contributed by atoms with Crippen LogP contribution in [-0.2, 0) is 0 Å². The number of nitrogens with two attached hydrogens (primary N) is 2. The lowest BCUT2D eigenvalue weighted by Gasteiger charge is -2.11. The Labute approximate surface area is 123 Å². The van der Waals surface area contributed by atoms with Gasteiger partial charge in [0, 0.05) is 22.8 Å². The van der Waals surface area contributed by atoms with Crippen LogP contribution in [0, 0.1) is 15.9 Å². The Morgan fingerprint density at radius 3 is 2.05 bits per heavy atom. The van der Waals surface area contributed by atoms with E-state index >= 15 is 0 Å². The van der Waals surface area contributed by atoms with Gasteiger partial charge in [-0.2, -0.15) is 0 Å². The Morgan fingerprint density at radius 1 is 1.05 bits per heavy atom. The molecule has 2 aromatic rings. The third kappa shape index (κ3) is 2.62. The summed E-state index contributed by atoms with van der Waals surface area (Å²) in [4.78, 5) is 33.5. The normalized spacial score (nSPS) is 10.2. The minimum atomic E-state index is -0.920. The van der Waals surface area contributed by atoms with E-state index in [9.17, 15) is 24.1 Å². The second-order valence-electron chi connectivity index (χ2n) is 4.38. The number of carbonyl (C=O) groups excluding carboxylic acids is 2. The molecule has 0 bridgehead atoms. The first-order chi connectivity index (χ1) is 10.3. The van der Waals surface area contributed by atoms with Gasteiger partial charge in [-0.1, -0.05) is 6.07 Å². The van der Waals surface area contributed by atoms with E-state index in [0.717, 1.165) is 18.2 Å². The predicted octanol–water partition coefficient (Wildman–Crippen LogP) is 1.60. The van der Waals surface area contributed by atoms with E-state index in [0.29, 0.717) is 0 Å². The van der Waals surface area contributed by atoms with Crippen molar-refractivity contribution in [1.82, 2.24) is 0 Å². The minimum Gasteiger partial charge on any atom is -0.366 e. The van der Waals surface area contributed by atoms with E-state index in [1.807, 2.05) is 0 Å². The fraction of sp³-hybridized carbons (Fsp3) is 0. The molecule has 2 aromatic carbocycles. The average molecular weight is 303 g/mol. The molecule has 2 amide bonds. The summed E-state index contributed by atoms with van der Waals surface area (Å²) in [5.41, 5.74) is 9.26. The number of hydrogen-bond donors (Lipinski definition) is 2. The van der Waals surface area contributed by atoms with Crippen LogP contribution in [0.1, 0.15) is 20.7 Å². The van der Waals surface area contributed by atoms with Crippen molar-refractivity contribution in [2.75, 3.05) is 0 Å². The number of rotatable bonds is 4. The third-order valence-electron chi connectivity index (χ3n) is 3.02. The fourth-order valence-electron chi connectivity index (χ4n) is 2.12. The number of amides is 2. The van der Waals surface area contributed by atoms with Gasteiger partial charge in [-0.3, -0.25) is 19.7 Å². The Hall–Kier alpha value is -3.29. The number of benzene rings is 2. The van der Waals surface area contributed by atoms with Crippen LogP contribution in [0.2, 0.25) is 0 Å². The van der Waals surface area contributed by atoms with E-state index in [-0.39, 0.29) is 22.3 Å². The molecule has 0 spiro atoms. The maximum atomic E-state index is 13.5. The summed E-state index contributed by atoms with van der Waals surface area (Å²) < 4.78 is 13.5. The zero-order valence-electron chi connectivity index (χ0n) is 11.1. The summed E-state index contributed by atoms with van der Waals surface area (Å²) in [5.74, 6) is -2.61. The monoisotopic (exact) mass is 303 g/mol. The Morgan fingerprint density at radius 2 is 1.59 bits per heavy atom. The molecule has 0 saturated carbocycles. The van der Waals surface area contributed by atoms with Crippen molar-refractivity contribution < 1.29 is 18.9 Å². The van der Waals surface area contributed by atoms with Crippen molar-refractivity contribution >= 4 is 17.5 Å². The molecular weight excluding hydrogens is 293 g/mol. The molecule has 0 atom stereocenters. The summed E-state index contributed by atoms with van der Waals surface area (Å²) >= 11 is 0. The molecule has 22 heavy (non-hydrogen) atoms. The van der Waals surface area contributed by atoms with Gasteiger partial charge in [0.05, 0.1) is 10.5 Å². The second kappa shape index (κ2) is 5.60. The standard InChI is InChI=1S/C14H10FN3O4/c15-7-4-5-11(18(21)22)10(6-7)12-8(13(16)19)2-1-3-9(12)14(17)20/h1-6H,(H2,16,19)(H2,17,20). The first kappa shape index (κ1) is 15.1. The van der Waals surface area contributed by atoms with Crippen molar-refractivity contribution in [2.24, 2.45) is 11.5 Å². The zero-order valence-corrected chi connectivity index (χ0v) is 11.1. The number of hydrogen-bond acceptors (Lipinski definition) is 4. The van der Waals surface area contributed by atoms with E-state index in [2.05, 4.69) is 0 Å². The summed E-state index contributed by atoms with van der Waals surface area (Å²) in [6, 6.07) is 6.60. The quantitative estimate of drug-likeness (QED) is 0.656. The average Bonchev–Trinajstić information content (AvgIpc) is 2.45. The van der Waals surface area contributed by atoms with Crippen LogP contribution in [-0.4, -0.2) is 16.7 Å². The van der Waals surface area contributed by atoms with E-state index < -0.39 is 28.2 Å². The maximum absolute atomic E-state index is 13.5.